The van der Waals surface area contributed by atoms with Crippen LogP contribution in [-0.4, -0.2) is 51.9 Å². The van der Waals surface area contributed by atoms with Gasteiger partial charge in [0, 0.05) is 6.92 Å². The van der Waals surface area contributed by atoms with E-state index in [1.165, 1.54) is 13.8 Å². The maximum absolute atomic E-state index is 11.1. The van der Waals surface area contributed by atoms with Crippen molar-refractivity contribution >= 4 is 11.7 Å². The minimum atomic E-state index is -1.59. The van der Waals surface area contributed by atoms with Crippen LogP contribution in [0.2, 0.25) is 0 Å². The standard InChI is InChI=1S/C8H15NO5/c1-4(11)7(13)8(14)6(3-10)9-5(2)12/h4,6,8,10-11,14H,3H2,1-2H3,(H,9,12)/t4-,6-,8+/m0/s1. The zero-order valence-corrected chi connectivity index (χ0v) is 8.10. The van der Waals surface area contributed by atoms with Gasteiger partial charge in [0.2, 0.25) is 5.91 Å². The molecule has 1 amide bonds. The maximum atomic E-state index is 11.1. The second-order valence-corrected chi connectivity index (χ2v) is 3.01. The van der Waals surface area contributed by atoms with Crippen molar-refractivity contribution in [2.75, 3.05) is 6.61 Å². The number of aliphatic hydroxyl groups excluding tert-OH is 3. The highest BCUT2D eigenvalue weighted by Crippen LogP contribution is 1.99. The van der Waals surface area contributed by atoms with Crippen molar-refractivity contribution in [1.82, 2.24) is 5.32 Å². The summed E-state index contributed by atoms with van der Waals surface area (Å²) >= 11 is 0. The van der Waals surface area contributed by atoms with Gasteiger partial charge in [-0.05, 0) is 6.92 Å². The van der Waals surface area contributed by atoms with Crippen molar-refractivity contribution in [2.45, 2.75) is 32.1 Å². The van der Waals surface area contributed by atoms with Crippen LogP contribution in [-0.2, 0) is 9.59 Å². The van der Waals surface area contributed by atoms with Crippen LogP contribution in [0.3, 0.4) is 0 Å². The fraction of sp³-hybridized carbons (Fsp3) is 0.750. The summed E-state index contributed by atoms with van der Waals surface area (Å²) in [6, 6.07) is -1.07. The molecule has 0 aliphatic rings. The van der Waals surface area contributed by atoms with Gasteiger partial charge in [-0.3, -0.25) is 9.59 Å². The minimum Gasteiger partial charge on any atom is -0.394 e. The van der Waals surface area contributed by atoms with Gasteiger partial charge in [-0.1, -0.05) is 0 Å². The molecule has 82 valence electrons. The first-order valence-electron chi connectivity index (χ1n) is 4.18. The predicted octanol–water partition coefficient (Wildman–Crippen LogP) is -2.21. The molecule has 0 aliphatic heterocycles. The van der Waals surface area contributed by atoms with Gasteiger partial charge in [-0.2, -0.15) is 0 Å². The number of nitrogens with one attached hydrogen (secondary N) is 1. The Labute approximate surface area is 81.5 Å². The Kier molecular flexibility index (Phi) is 5.29. The summed E-state index contributed by atoms with van der Waals surface area (Å²) in [4.78, 5) is 21.7. The largest absolute Gasteiger partial charge is 0.394 e. The summed E-state index contributed by atoms with van der Waals surface area (Å²) in [5, 5.41) is 29.1. The summed E-state index contributed by atoms with van der Waals surface area (Å²) in [5.41, 5.74) is 0. The van der Waals surface area contributed by atoms with Crippen molar-refractivity contribution in [3.63, 3.8) is 0 Å². The molecular weight excluding hydrogens is 190 g/mol. The molecule has 0 aromatic heterocycles. The monoisotopic (exact) mass is 205 g/mol. The first-order valence-corrected chi connectivity index (χ1v) is 4.18. The van der Waals surface area contributed by atoms with Gasteiger partial charge < -0.3 is 20.6 Å². The van der Waals surface area contributed by atoms with Gasteiger partial charge in [-0.15, -0.1) is 0 Å². The molecule has 0 unspecified atom stereocenters. The first kappa shape index (κ1) is 13.0. The summed E-state index contributed by atoms with van der Waals surface area (Å²) in [6.07, 6.45) is -2.92. The van der Waals surface area contributed by atoms with Crippen LogP contribution in [0.15, 0.2) is 0 Å². The van der Waals surface area contributed by atoms with E-state index in [4.69, 9.17) is 10.2 Å². The third-order valence-electron chi connectivity index (χ3n) is 1.67. The molecule has 6 heteroatoms. The van der Waals surface area contributed by atoms with E-state index in [2.05, 4.69) is 5.32 Å². The molecule has 0 rings (SSSR count). The Morgan fingerprint density at radius 2 is 1.86 bits per heavy atom. The molecular formula is C8H15NO5. The summed E-state index contributed by atoms with van der Waals surface area (Å²) in [5.74, 6) is -1.31. The molecule has 14 heavy (non-hydrogen) atoms. The van der Waals surface area contributed by atoms with Gasteiger partial charge in [0.1, 0.15) is 12.2 Å². The van der Waals surface area contributed by atoms with Gasteiger partial charge >= 0.3 is 0 Å². The van der Waals surface area contributed by atoms with Gasteiger partial charge in [-0.25, -0.2) is 0 Å². The van der Waals surface area contributed by atoms with Crippen molar-refractivity contribution in [1.29, 1.82) is 0 Å². The fourth-order valence-corrected chi connectivity index (χ4v) is 0.931. The minimum absolute atomic E-state index is 0.471. The molecule has 0 radical (unpaired) electrons. The third-order valence-corrected chi connectivity index (χ3v) is 1.67. The van der Waals surface area contributed by atoms with E-state index < -0.39 is 36.5 Å². The van der Waals surface area contributed by atoms with E-state index in [-0.39, 0.29) is 0 Å². The molecule has 6 nitrogen and oxygen atoms in total. The second kappa shape index (κ2) is 5.69. The summed E-state index contributed by atoms with van der Waals surface area (Å²) < 4.78 is 0. The second-order valence-electron chi connectivity index (χ2n) is 3.01. The third kappa shape index (κ3) is 3.82. The van der Waals surface area contributed by atoms with Gasteiger partial charge in [0.05, 0.1) is 12.6 Å². The highest BCUT2D eigenvalue weighted by molar-refractivity contribution is 5.88. The van der Waals surface area contributed by atoms with Crippen LogP contribution in [0.1, 0.15) is 13.8 Å². The number of ketones is 1. The van der Waals surface area contributed by atoms with E-state index in [1.807, 2.05) is 0 Å². The topological polar surface area (TPSA) is 107 Å². The molecule has 0 saturated carbocycles. The number of hydrogen-bond donors (Lipinski definition) is 4. The Hall–Kier alpha value is -0.980. The maximum Gasteiger partial charge on any atom is 0.217 e. The number of carbonyl (C=O) groups is 2. The van der Waals surface area contributed by atoms with Crippen molar-refractivity contribution < 1.29 is 24.9 Å². The molecule has 0 heterocycles. The fourth-order valence-electron chi connectivity index (χ4n) is 0.931. The number of amides is 1. The zero-order chi connectivity index (χ0) is 11.3. The molecule has 0 spiro atoms. The van der Waals surface area contributed by atoms with Crippen LogP contribution in [0.25, 0.3) is 0 Å². The summed E-state index contributed by atoms with van der Waals surface area (Å²) in [7, 11) is 0. The number of carbonyl (C=O) groups excluding carboxylic acids is 2. The molecule has 4 N–H and O–H groups in total. The highest BCUT2D eigenvalue weighted by Gasteiger charge is 2.28. The first-order chi connectivity index (χ1) is 6.40. The van der Waals surface area contributed by atoms with Crippen LogP contribution >= 0.6 is 0 Å². The predicted molar refractivity (Wildman–Crippen MR) is 47.4 cm³/mol. The van der Waals surface area contributed by atoms with Crippen molar-refractivity contribution in [2.24, 2.45) is 0 Å². The van der Waals surface area contributed by atoms with E-state index in [0.29, 0.717) is 0 Å². The molecule has 0 fully saturated rings. The van der Waals surface area contributed by atoms with E-state index >= 15 is 0 Å². The lowest BCUT2D eigenvalue weighted by molar-refractivity contribution is -0.137. The number of hydrogen-bond acceptors (Lipinski definition) is 5. The van der Waals surface area contributed by atoms with Crippen molar-refractivity contribution in [3.8, 4) is 0 Å². The van der Waals surface area contributed by atoms with Crippen LogP contribution in [0.5, 0.6) is 0 Å². The van der Waals surface area contributed by atoms with E-state index in [1.54, 1.807) is 0 Å². The normalized spacial score (nSPS) is 16.9. The summed E-state index contributed by atoms with van der Waals surface area (Å²) in [6.45, 7) is 1.83. The van der Waals surface area contributed by atoms with E-state index in [0.717, 1.165) is 0 Å². The number of aliphatic hydroxyl groups is 3. The lowest BCUT2D eigenvalue weighted by Gasteiger charge is -2.21. The van der Waals surface area contributed by atoms with Crippen LogP contribution < -0.4 is 5.32 Å². The smallest absolute Gasteiger partial charge is 0.217 e. The molecule has 0 aliphatic carbocycles. The zero-order valence-electron chi connectivity index (χ0n) is 8.10. The number of rotatable bonds is 5. The quantitative estimate of drug-likeness (QED) is 0.407. The van der Waals surface area contributed by atoms with E-state index in [9.17, 15) is 14.7 Å². The Balaban J connectivity index is 4.37. The van der Waals surface area contributed by atoms with Crippen molar-refractivity contribution in [3.05, 3.63) is 0 Å². The van der Waals surface area contributed by atoms with Gasteiger partial charge in [0.25, 0.3) is 0 Å². The molecule has 0 saturated heterocycles. The molecule has 0 aromatic carbocycles. The lowest BCUT2D eigenvalue weighted by atomic mass is 10.0. The Morgan fingerprint density at radius 3 is 2.14 bits per heavy atom. The number of Topliss-reactive ketones (excluding diaryl/α,β-unsaturated/α-hetero) is 1. The molecule has 0 bridgehead atoms. The molecule has 3 atom stereocenters. The Bertz CT molecular complexity index is 216. The average Bonchev–Trinajstić information content (AvgIpc) is 2.11. The Morgan fingerprint density at radius 1 is 1.36 bits per heavy atom. The van der Waals surface area contributed by atoms with Gasteiger partial charge in [0.15, 0.2) is 5.78 Å². The highest BCUT2D eigenvalue weighted by atomic mass is 16.3. The SMILES string of the molecule is CC(=O)N[C@@H](CO)[C@@H](O)C(=O)[C@H](C)O. The lowest BCUT2D eigenvalue weighted by Crippen LogP contribution is -2.50. The molecule has 0 aromatic rings. The average molecular weight is 205 g/mol. The van der Waals surface area contributed by atoms with Crippen LogP contribution in [0.4, 0.5) is 0 Å². The van der Waals surface area contributed by atoms with Crippen LogP contribution in [0, 0.1) is 0 Å².